The number of rotatable bonds is 1. The molecule has 1 fully saturated rings. The van der Waals surface area contributed by atoms with Gasteiger partial charge >= 0.3 is 5.97 Å². The van der Waals surface area contributed by atoms with Gasteiger partial charge in [0.25, 0.3) is 0 Å². The van der Waals surface area contributed by atoms with Crippen LogP contribution in [0.3, 0.4) is 0 Å². The summed E-state index contributed by atoms with van der Waals surface area (Å²) in [6.07, 6.45) is 1.67. The van der Waals surface area contributed by atoms with Gasteiger partial charge in [-0.25, -0.2) is 4.79 Å². The Labute approximate surface area is 94.0 Å². The van der Waals surface area contributed by atoms with Crippen molar-refractivity contribution < 1.29 is 14.6 Å². The summed E-state index contributed by atoms with van der Waals surface area (Å²) in [6.45, 7) is 0. The number of carbonyl (C=O) groups excluding carboxylic acids is 1. The van der Waals surface area contributed by atoms with Crippen LogP contribution in [0.5, 0.6) is 0 Å². The van der Waals surface area contributed by atoms with Crippen molar-refractivity contribution in [2.24, 2.45) is 0 Å². The molecule has 1 aromatic rings. The lowest BCUT2D eigenvalue weighted by atomic mass is 9.89. The Morgan fingerprint density at radius 2 is 2.19 bits per heavy atom. The molecule has 0 spiro atoms. The molecule has 0 amide bonds. The van der Waals surface area contributed by atoms with E-state index in [4.69, 9.17) is 4.74 Å². The van der Waals surface area contributed by atoms with E-state index >= 15 is 0 Å². The van der Waals surface area contributed by atoms with Gasteiger partial charge in [-0.15, -0.1) is 0 Å². The quantitative estimate of drug-likeness (QED) is 0.731. The van der Waals surface area contributed by atoms with E-state index in [9.17, 15) is 9.90 Å². The maximum Gasteiger partial charge on any atom is 0.337 e. The molecular formula is C13H14O3. The Balaban J connectivity index is 2.03. The summed E-state index contributed by atoms with van der Waals surface area (Å²) in [6, 6.07) is 5.68. The molecule has 84 valence electrons. The first-order valence-electron chi connectivity index (χ1n) is 5.61. The number of hydrogen-bond acceptors (Lipinski definition) is 3. The zero-order valence-corrected chi connectivity index (χ0v) is 9.14. The van der Waals surface area contributed by atoms with Gasteiger partial charge in [0.05, 0.1) is 18.8 Å². The molecule has 2 aliphatic rings. The summed E-state index contributed by atoms with van der Waals surface area (Å²) in [7, 11) is 1.39. The number of aliphatic hydroxyl groups is 1. The van der Waals surface area contributed by atoms with Gasteiger partial charge in [-0.1, -0.05) is 6.07 Å². The zero-order valence-electron chi connectivity index (χ0n) is 9.14. The van der Waals surface area contributed by atoms with Gasteiger partial charge in [-0.3, -0.25) is 0 Å². The van der Waals surface area contributed by atoms with Crippen molar-refractivity contribution in [2.45, 2.75) is 30.8 Å². The molecule has 0 saturated heterocycles. The van der Waals surface area contributed by atoms with Crippen LogP contribution in [0.15, 0.2) is 18.2 Å². The van der Waals surface area contributed by atoms with Crippen LogP contribution < -0.4 is 0 Å². The molecule has 0 aliphatic heterocycles. The molecule has 0 radical (unpaired) electrons. The van der Waals surface area contributed by atoms with Crippen molar-refractivity contribution in [3.63, 3.8) is 0 Å². The fraction of sp³-hybridized carbons (Fsp3) is 0.462. The van der Waals surface area contributed by atoms with Crippen LogP contribution in [0.1, 0.15) is 46.2 Å². The molecule has 0 unspecified atom stereocenters. The number of esters is 1. The number of methoxy groups -OCH3 is 1. The second-order valence-electron chi connectivity index (χ2n) is 4.68. The SMILES string of the molecule is COC(=O)c1ccc2c(c1)[C@H]1C[C@@H](O)[C@@H]2C1. The minimum Gasteiger partial charge on any atom is -0.465 e. The van der Waals surface area contributed by atoms with Crippen LogP contribution in [0, 0.1) is 0 Å². The highest BCUT2D eigenvalue weighted by Crippen LogP contribution is 2.53. The number of fused-ring (bicyclic) bond motifs is 5. The molecule has 0 heterocycles. The molecule has 3 nitrogen and oxygen atoms in total. The van der Waals surface area contributed by atoms with E-state index in [1.807, 2.05) is 12.1 Å². The third-order valence-electron chi connectivity index (χ3n) is 3.88. The van der Waals surface area contributed by atoms with Crippen molar-refractivity contribution in [1.29, 1.82) is 0 Å². The summed E-state index contributed by atoms with van der Waals surface area (Å²) in [5, 5.41) is 9.80. The second-order valence-corrected chi connectivity index (χ2v) is 4.68. The van der Waals surface area contributed by atoms with Crippen molar-refractivity contribution in [1.82, 2.24) is 0 Å². The van der Waals surface area contributed by atoms with E-state index in [2.05, 4.69) is 0 Å². The third-order valence-corrected chi connectivity index (χ3v) is 3.88. The number of ether oxygens (including phenoxy) is 1. The minimum atomic E-state index is -0.286. The third kappa shape index (κ3) is 1.21. The van der Waals surface area contributed by atoms with Gasteiger partial charge in [0, 0.05) is 5.92 Å². The lowest BCUT2D eigenvalue weighted by molar-refractivity contribution is 0.0600. The molecule has 0 aromatic heterocycles. The Kier molecular flexibility index (Phi) is 2.04. The van der Waals surface area contributed by atoms with Crippen LogP contribution in [-0.2, 0) is 4.74 Å². The molecule has 1 N–H and O–H groups in total. The van der Waals surface area contributed by atoms with E-state index in [1.54, 1.807) is 6.07 Å². The van der Waals surface area contributed by atoms with Crippen LogP contribution in [0.4, 0.5) is 0 Å². The zero-order chi connectivity index (χ0) is 11.3. The Morgan fingerprint density at radius 1 is 1.38 bits per heavy atom. The lowest BCUT2D eigenvalue weighted by Crippen LogP contribution is -2.15. The van der Waals surface area contributed by atoms with Crippen molar-refractivity contribution in [2.75, 3.05) is 7.11 Å². The minimum absolute atomic E-state index is 0.193. The van der Waals surface area contributed by atoms with E-state index in [1.165, 1.54) is 18.2 Å². The molecule has 3 atom stereocenters. The van der Waals surface area contributed by atoms with Crippen molar-refractivity contribution in [3.8, 4) is 0 Å². The normalized spacial score (nSPS) is 30.2. The maximum atomic E-state index is 11.4. The highest BCUT2D eigenvalue weighted by molar-refractivity contribution is 5.89. The van der Waals surface area contributed by atoms with Gasteiger partial charge in [-0.05, 0) is 42.0 Å². The number of carbonyl (C=O) groups is 1. The van der Waals surface area contributed by atoms with E-state index < -0.39 is 0 Å². The molecule has 3 heteroatoms. The van der Waals surface area contributed by atoms with E-state index in [0.29, 0.717) is 11.5 Å². The van der Waals surface area contributed by atoms with Gasteiger partial charge < -0.3 is 9.84 Å². The Morgan fingerprint density at radius 3 is 2.94 bits per heavy atom. The lowest BCUT2D eigenvalue weighted by Gasteiger charge is -2.20. The summed E-state index contributed by atoms with van der Waals surface area (Å²) in [5.74, 6) is 0.428. The largest absolute Gasteiger partial charge is 0.465 e. The number of hydrogen-bond donors (Lipinski definition) is 1. The topological polar surface area (TPSA) is 46.5 Å². The van der Waals surface area contributed by atoms with Gasteiger partial charge in [-0.2, -0.15) is 0 Å². The Bertz CT molecular complexity index is 452. The number of benzene rings is 1. The number of aliphatic hydroxyl groups excluding tert-OH is 1. The molecule has 3 rings (SSSR count). The van der Waals surface area contributed by atoms with Crippen molar-refractivity contribution in [3.05, 3.63) is 34.9 Å². The first-order valence-corrected chi connectivity index (χ1v) is 5.61. The van der Waals surface area contributed by atoms with E-state index in [-0.39, 0.29) is 18.0 Å². The summed E-state index contributed by atoms with van der Waals surface area (Å²) >= 11 is 0. The molecular weight excluding hydrogens is 204 g/mol. The highest BCUT2D eigenvalue weighted by atomic mass is 16.5. The standard InChI is InChI=1S/C13H14O3/c1-16-13(15)7-2-3-9-10(4-7)8-5-11(9)12(14)6-8/h2-4,8,11-12,14H,5-6H2,1H3/t8-,11-,12-/m1/s1. The average molecular weight is 218 g/mol. The molecule has 1 aromatic carbocycles. The molecule has 2 bridgehead atoms. The molecule has 1 saturated carbocycles. The fourth-order valence-corrected chi connectivity index (χ4v) is 3.11. The van der Waals surface area contributed by atoms with Crippen LogP contribution in [0.25, 0.3) is 0 Å². The monoisotopic (exact) mass is 218 g/mol. The summed E-state index contributed by atoms with van der Waals surface area (Å²) in [5.41, 5.74) is 3.07. The van der Waals surface area contributed by atoms with Crippen LogP contribution in [-0.4, -0.2) is 24.3 Å². The molecule has 2 aliphatic carbocycles. The first kappa shape index (κ1) is 9.85. The second kappa shape index (κ2) is 3.32. The van der Waals surface area contributed by atoms with Gasteiger partial charge in [0.1, 0.15) is 0 Å². The predicted molar refractivity (Wildman–Crippen MR) is 58.5 cm³/mol. The summed E-state index contributed by atoms with van der Waals surface area (Å²) in [4.78, 5) is 11.4. The first-order chi connectivity index (χ1) is 7.70. The smallest absolute Gasteiger partial charge is 0.337 e. The van der Waals surface area contributed by atoms with Crippen LogP contribution in [0.2, 0.25) is 0 Å². The highest BCUT2D eigenvalue weighted by Gasteiger charge is 2.43. The van der Waals surface area contributed by atoms with Crippen molar-refractivity contribution >= 4 is 5.97 Å². The van der Waals surface area contributed by atoms with Gasteiger partial charge in [0.2, 0.25) is 0 Å². The Hall–Kier alpha value is -1.35. The van der Waals surface area contributed by atoms with E-state index in [0.717, 1.165) is 12.8 Å². The van der Waals surface area contributed by atoms with Crippen LogP contribution >= 0.6 is 0 Å². The predicted octanol–water partition coefficient (Wildman–Crippen LogP) is 1.81. The maximum absolute atomic E-state index is 11.4. The summed E-state index contributed by atoms with van der Waals surface area (Å²) < 4.78 is 4.71. The fourth-order valence-electron chi connectivity index (χ4n) is 3.11. The molecule has 16 heavy (non-hydrogen) atoms. The average Bonchev–Trinajstić information content (AvgIpc) is 2.85. The van der Waals surface area contributed by atoms with Gasteiger partial charge in [0.15, 0.2) is 0 Å².